The molecule has 5 heteroatoms. The van der Waals surface area contributed by atoms with E-state index in [0.717, 1.165) is 48.8 Å². The number of aromatic nitrogens is 2. The number of ether oxygens (including phenoxy) is 2. The molecular weight excluding hydrogens is 290 g/mol. The predicted molar refractivity (Wildman–Crippen MR) is 91.0 cm³/mol. The lowest BCUT2D eigenvalue weighted by atomic mass is 10.00. The molecule has 0 aliphatic carbocycles. The minimum Gasteiger partial charge on any atom is -0.493 e. The van der Waals surface area contributed by atoms with E-state index >= 15 is 0 Å². The maximum Gasteiger partial charge on any atom is 0.170 e. The summed E-state index contributed by atoms with van der Waals surface area (Å²) in [4.78, 5) is 2.49. The lowest BCUT2D eigenvalue weighted by Gasteiger charge is -2.26. The monoisotopic (exact) mass is 315 g/mol. The van der Waals surface area contributed by atoms with Gasteiger partial charge in [0.05, 0.1) is 13.7 Å². The topological polar surface area (TPSA) is 50.4 Å². The third-order valence-corrected chi connectivity index (χ3v) is 4.29. The SMILES string of the molecule is CCCN1CCc2[nH]nc(-c3cccc(OC)c3OCC)c2C1. The normalized spacial score (nSPS) is 14.6. The van der Waals surface area contributed by atoms with Gasteiger partial charge in [0.25, 0.3) is 0 Å². The Kier molecular flexibility index (Phi) is 4.86. The Morgan fingerprint density at radius 2 is 2.17 bits per heavy atom. The van der Waals surface area contributed by atoms with Crippen molar-refractivity contribution in [2.24, 2.45) is 0 Å². The molecule has 124 valence electrons. The molecule has 1 aromatic carbocycles. The Labute approximate surface area is 137 Å². The van der Waals surface area contributed by atoms with Crippen LogP contribution in [0.25, 0.3) is 11.3 Å². The van der Waals surface area contributed by atoms with Crippen molar-refractivity contribution in [3.05, 3.63) is 29.5 Å². The summed E-state index contributed by atoms with van der Waals surface area (Å²) in [6, 6.07) is 5.98. The van der Waals surface area contributed by atoms with Gasteiger partial charge in [-0.05, 0) is 32.0 Å². The Hall–Kier alpha value is -2.01. The van der Waals surface area contributed by atoms with Crippen LogP contribution in [0, 0.1) is 0 Å². The fourth-order valence-electron chi connectivity index (χ4n) is 3.24. The van der Waals surface area contributed by atoms with Crippen LogP contribution in [0.15, 0.2) is 18.2 Å². The van der Waals surface area contributed by atoms with Gasteiger partial charge in [-0.1, -0.05) is 13.0 Å². The zero-order chi connectivity index (χ0) is 16.2. The van der Waals surface area contributed by atoms with Crippen molar-refractivity contribution < 1.29 is 9.47 Å². The quantitative estimate of drug-likeness (QED) is 0.889. The molecule has 0 saturated heterocycles. The molecule has 23 heavy (non-hydrogen) atoms. The van der Waals surface area contributed by atoms with Crippen molar-refractivity contribution in [1.29, 1.82) is 0 Å². The number of fused-ring (bicyclic) bond motifs is 1. The van der Waals surface area contributed by atoms with E-state index in [1.807, 2.05) is 19.1 Å². The second-order valence-corrected chi connectivity index (χ2v) is 5.83. The van der Waals surface area contributed by atoms with E-state index in [9.17, 15) is 0 Å². The number of hydrogen-bond acceptors (Lipinski definition) is 4. The average Bonchev–Trinajstić information content (AvgIpc) is 2.99. The third kappa shape index (κ3) is 3.06. The first-order valence-electron chi connectivity index (χ1n) is 8.37. The molecule has 0 unspecified atom stereocenters. The Morgan fingerprint density at radius 1 is 1.30 bits per heavy atom. The van der Waals surface area contributed by atoms with Gasteiger partial charge in [0, 0.05) is 36.3 Å². The van der Waals surface area contributed by atoms with Crippen molar-refractivity contribution in [2.45, 2.75) is 33.2 Å². The highest BCUT2D eigenvalue weighted by Gasteiger charge is 2.24. The maximum atomic E-state index is 5.86. The van der Waals surface area contributed by atoms with Gasteiger partial charge in [0.2, 0.25) is 0 Å². The molecule has 0 amide bonds. The minimum absolute atomic E-state index is 0.599. The molecule has 2 heterocycles. The van der Waals surface area contributed by atoms with Crippen molar-refractivity contribution in [3.8, 4) is 22.8 Å². The molecule has 1 aliphatic rings. The maximum absolute atomic E-state index is 5.86. The number of nitrogens with one attached hydrogen (secondary N) is 1. The third-order valence-electron chi connectivity index (χ3n) is 4.29. The van der Waals surface area contributed by atoms with Crippen molar-refractivity contribution >= 4 is 0 Å². The van der Waals surface area contributed by atoms with Gasteiger partial charge in [-0.25, -0.2) is 0 Å². The standard InChI is InChI=1S/C18H25N3O2/c1-4-10-21-11-9-15-14(12-21)17(20-19-15)13-7-6-8-16(22-3)18(13)23-5-2/h6-8H,4-5,9-12H2,1-3H3,(H,19,20). The van der Waals surface area contributed by atoms with Crippen LogP contribution in [-0.4, -0.2) is 41.9 Å². The first kappa shape index (κ1) is 15.9. The van der Waals surface area contributed by atoms with Crippen molar-refractivity contribution in [1.82, 2.24) is 15.1 Å². The highest BCUT2D eigenvalue weighted by atomic mass is 16.5. The first-order chi connectivity index (χ1) is 11.3. The summed E-state index contributed by atoms with van der Waals surface area (Å²) in [5.41, 5.74) is 4.53. The van der Waals surface area contributed by atoms with E-state index in [1.165, 1.54) is 17.7 Å². The van der Waals surface area contributed by atoms with Crippen LogP contribution in [0.5, 0.6) is 11.5 Å². The van der Waals surface area contributed by atoms with Crippen molar-refractivity contribution in [3.63, 3.8) is 0 Å². The fourth-order valence-corrected chi connectivity index (χ4v) is 3.24. The molecule has 0 fully saturated rings. The molecule has 2 aromatic rings. The Morgan fingerprint density at radius 3 is 2.91 bits per heavy atom. The number of para-hydroxylation sites is 1. The van der Waals surface area contributed by atoms with Gasteiger partial charge in [0.15, 0.2) is 11.5 Å². The van der Waals surface area contributed by atoms with Gasteiger partial charge < -0.3 is 9.47 Å². The van der Waals surface area contributed by atoms with Crippen molar-refractivity contribution in [2.75, 3.05) is 26.8 Å². The van der Waals surface area contributed by atoms with Gasteiger partial charge in [0.1, 0.15) is 5.69 Å². The molecule has 5 nitrogen and oxygen atoms in total. The Balaban J connectivity index is 2.02. The van der Waals surface area contributed by atoms with Gasteiger partial charge in [-0.3, -0.25) is 10.00 Å². The summed E-state index contributed by atoms with van der Waals surface area (Å²) >= 11 is 0. The largest absolute Gasteiger partial charge is 0.493 e. The molecule has 1 N–H and O–H groups in total. The van der Waals surface area contributed by atoms with Crippen LogP contribution >= 0.6 is 0 Å². The van der Waals surface area contributed by atoms with E-state index in [-0.39, 0.29) is 0 Å². The number of benzene rings is 1. The highest BCUT2D eigenvalue weighted by Crippen LogP contribution is 2.40. The lowest BCUT2D eigenvalue weighted by Crippen LogP contribution is -2.31. The summed E-state index contributed by atoms with van der Waals surface area (Å²) in [7, 11) is 1.67. The first-order valence-corrected chi connectivity index (χ1v) is 8.37. The van der Waals surface area contributed by atoms with Crippen LogP contribution in [-0.2, 0) is 13.0 Å². The Bertz CT molecular complexity index is 666. The molecule has 0 spiro atoms. The highest BCUT2D eigenvalue weighted by molar-refractivity contribution is 5.74. The summed E-state index contributed by atoms with van der Waals surface area (Å²) in [6.45, 7) is 7.97. The van der Waals surface area contributed by atoms with Crippen LogP contribution in [0.3, 0.4) is 0 Å². The predicted octanol–water partition coefficient (Wildman–Crippen LogP) is 3.25. The van der Waals surface area contributed by atoms with Crippen LogP contribution in [0.4, 0.5) is 0 Å². The molecule has 0 bridgehead atoms. The molecule has 1 aromatic heterocycles. The second kappa shape index (κ2) is 7.04. The molecule has 0 atom stereocenters. The molecule has 1 aliphatic heterocycles. The van der Waals surface area contributed by atoms with E-state index < -0.39 is 0 Å². The van der Waals surface area contributed by atoms with Gasteiger partial charge in [-0.2, -0.15) is 5.10 Å². The second-order valence-electron chi connectivity index (χ2n) is 5.83. The number of rotatable bonds is 6. The lowest BCUT2D eigenvalue weighted by molar-refractivity contribution is 0.254. The van der Waals surface area contributed by atoms with Gasteiger partial charge in [-0.15, -0.1) is 0 Å². The number of methoxy groups -OCH3 is 1. The average molecular weight is 315 g/mol. The van der Waals surface area contributed by atoms with E-state index in [4.69, 9.17) is 9.47 Å². The summed E-state index contributed by atoms with van der Waals surface area (Å²) in [5, 5.41) is 7.81. The number of aromatic amines is 1. The fraction of sp³-hybridized carbons (Fsp3) is 0.500. The number of hydrogen-bond donors (Lipinski definition) is 1. The van der Waals surface area contributed by atoms with Crippen LogP contribution in [0.1, 0.15) is 31.5 Å². The van der Waals surface area contributed by atoms with Gasteiger partial charge >= 0.3 is 0 Å². The zero-order valence-corrected chi connectivity index (χ0v) is 14.2. The summed E-state index contributed by atoms with van der Waals surface area (Å²) in [6.07, 6.45) is 2.20. The number of H-pyrrole nitrogens is 1. The minimum atomic E-state index is 0.599. The molecular formula is C18H25N3O2. The molecule has 3 rings (SSSR count). The van der Waals surface area contributed by atoms with Crippen LogP contribution < -0.4 is 9.47 Å². The summed E-state index contributed by atoms with van der Waals surface area (Å²) in [5.74, 6) is 1.53. The zero-order valence-electron chi connectivity index (χ0n) is 14.2. The van der Waals surface area contributed by atoms with E-state index in [1.54, 1.807) is 7.11 Å². The summed E-state index contributed by atoms with van der Waals surface area (Å²) < 4.78 is 11.3. The molecule has 0 saturated carbocycles. The number of nitrogens with zero attached hydrogens (tertiary/aromatic N) is 2. The molecule has 0 radical (unpaired) electrons. The smallest absolute Gasteiger partial charge is 0.170 e. The van der Waals surface area contributed by atoms with E-state index in [0.29, 0.717) is 6.61 Å². The van der Waals surface area contributed by atoms with E-state index in [2.05, 4.69) is 28.1 Å². The van der Waals surface area contributed by atoms with Crippen LogP contribution in [0.2, 0.25) is 0 Å².